The number of hydrogen-bond donors (Lipinski definition) is 0. The number of allylic oxidation sites excluding steroid dienone is 4. The van der Waals surface area contributed by atoms with Crippen LogP contribution in [0.3, 0.4) is 0 Å². The van der Waals surface area contributed by atoms with Gasteiger partial charge in [-0.05, 0) is 74.4 Å². The highest BCUT2D eigenvalue weighted by Gasteiger charge is 2.51. The Balaban J connectivity index is 1.16. The molecule has 0 aromatic heterocycles. The number of hydrogen-bond acceptors (Lipinski definition) is 5. The first-order valence-corrected chi connectivity index (χ1v) is 15.0. The quantitative estimate of drug-likeness (QED) is 0.314. The molecule has 4 bridgehead atoms. The first kappa shape index (κ1) is 25.3. The lowest BCUT2D eigenvalue weighted by atomic mass is 9.67. The molecule has 2 aromatic carbocycles. The van der Waals surface area contributed by atoms with Crippen LogP contribution in [0.5, 0.6) is 0 Å². The minimum Gasteiger partial charge on any atom is -0.486 e. The first-order valence-electron chi connectivity index (χ1n) is 13.7. The Morgan fingerprint density at radius 3 is 2.32 bits per heavy atom. The molecule has 5 aliphatic rings. The molecule has 2 saturated carbocycles. The second-order valence-corrected chi connectivity index (χ2v) is 13.3. The number of rotatable bonds is 7. The van der Waals surface area contributed by atoms with Crippen molar-refractivity contribution in [3.05, 3.63) is 83.0 Å². The Kier molecular flexibility index (Phi) is 7.08. The highest BCUT2D eigenvalue weighted by atomic mass is 32.2. The SMILES string of the molecule is CC1=C(OCC(=O)OC2C3CC4CC(C3)C(=O)OC2C4)C(C)CC([S+](c2ccccc2)c2ccccc2)=C1. The minimum atomic E-state index is -0.380. The number of carbonyl (C=O) groups excluding carboxylic acids is 2. The molecule has 0 amide bonds. The fraction of sp³-hybridized carbons (Fsp3) is 0.438. The predicted octanol–water partition coefficient (Wildman–Crippen LogP) is 6.21. The van der Waals surface area contributed by atoms with Crippen LogP contribution >= 0.6 is 0 Å². The summed E-state index contributed by atoms with van der Waals surface area (Å²) < 4.78 is 17.7. The molecule has 6 atom stereocenters. The summed E-state index contributed by atoms with van der Waals surface area (Å²) in [5.41, 5.74) is 1.05. The van der Waals surface area contributed by atoms with Crippen LogP contribution in [0.25, 0.3) is 0 Å². The summed E-state index contributed by atoms with van der Waals surface area (Å²) in [6.07, 6.45) is 5.96. The summed E-state index contributed by atoms with van der Waals surface area (Å²) in [5, 5.41) is 0. The third-order valence-electron chi connectivity index (χ3n) is 8.39. The van der Waals surface area contributed by atoms with Gasteiger partial charge < -0.3 is 14.2 Å². The lowest BCUT2D eigenvalue weighted by Crippen LogP contribution is -2.45. The lowest BCUT2D eigenvalue weighted by molar-refractivity contribution is -0.175. The smallest absolute Gasteiger partial charge is 0.344 e. The second kappa shape index (κ2) is 10.6. The van der Waals surface area contributed by atoms with E-state index in [1.54, 1.807) is 0 Å². The fourth-order valence-corrected chi connectivity index (χ4v) is 9.31. The van der Waals surface area contributed by atoms with Gasteiger partial charge in [-0.15, -0.1) is 0 Å². The summed E-state index contributed by atoms with van der Waals surface area (Å²) >= 11 is 0. The zero-order chi connectivity index (χ0) is 26.2. The van der Waals surface area contributed by atoms with Crippen LogP contribution in [0.2, 0.25) is 0 Å². The Bertz CT molecular complexity index is 1210. The maximum atomic E-state index is 12.9. The van der Waals surface area contributed by atoms with E-state index < -0.39 is 0 Å². The fourth-order valence-electron chi connectivity index (χ4n) is 6.86. The zero-order valence-electron chi connectivity index (χ0n) is 22.0. The van der Waals surface area contributed by atoms with E-state index >= 15 is 0 Å². The molecule has 2 saturated heterocycles. The molecular weight excluding hydrogens is 496 g/mol. The van der Waals surface area contributed by atoms with Crippen molar-refractivity contribution >= 4 is 22.8 Å². The second-order valence-electron chi connectivity index (χ2n) is 11.2. The summed E-state index contributed by atoms with van der Waals surface area (Å²) in [7, 11) is -0.180. The van der Waals surface area contributed by atoms with Gasteiger partial charge in [-0.25, -0.2) is 4.79 Å². The Labute approximate surface area is 227 Å². The lowest BCUT2D eigenvalue weighted by Gasteiger charge is -2.41. The molecule has 0 radical (unpaired) electrons. The Morgan fingerprint density at radius 2 is 1.66 bits per heavy atom. The Hall–Kier alpha value is -2.99. The van der Waals surface area contributed by atoms with Crippen LogP contribution in [-0.2, 0) is 34.7 Å². The first-order chi connectivity index (χ1) is 18.5. The molecule has 0 N–H and O–H groups in total. The normalized spacial score (nSPS) is 30.1. The van der Waals surface area contributed by atoms with Gasteiger partial charge in [-0.1, -0.05) is 43.3 Å². The molecule has 2 aromatic rings. The molecular formula is C32H35O5S+. The monoisotopic (exact) mass is 531 g/mol. The number of esters is 2. The summed E-state index contributed by atoms with van der Waals surface area (Å²) in [5.74, 6) is 1.20. The van der Waals surface area contributed by atoms with Crippen LogP contribution in [0.1, 0.15) is 46.0 Å². The van der Waals surface area contributed by atoms with Gasteiger partial charge in [0.2, 0.25) is 0 Å². The van der Waals surface area contributed by atoms with Gasteiger partial charge >= 0.3 is 11.9 Å². The standard InChI is InChI=1S/C32H35O5S/c1-20-13-27(38(25-9-5-3-6-10-25)26-11-7-4-8-12-26)14-21(2)30(20)35-19-29(33)37-31-23-15-22-16-24(18-23)32(34)36-28(31)17-22/h3-13,21-24,28,31H,14-19H2,1-2H3/q+1. The van der Waals surface area contributed by atoms with Gasteiger partial charge in [0.15, 0.2) is 16.4 Å². The Morgan fingerprint density at radius 1 is 0.974 bits per heavy atom. The van der Waals surface area contributed by atoms with Gasteiger partial charge in [0.05, 0.1) is 16.8 Å². The van der Waals surface area contributed by atoms with Gasteiger partial charge in [-0.2, -0.15) is 0 Å². The van der Waals surface area contributed by atoms with E-state index in [4.69, 9.17) is 14.2 Å². The predicted molar refractivity (Wildman–Crippen MR) is 146 cm³/mol. The van der Waals surface area contributed by atoms with Crippen molar-refractivity contribution < 1.29 is 23.8 Å². The van der Waals surface area contributed by atoms with E-state index in [1.165, 1.54) is 14.7 Å². The highest BCUT2D eigenvalue weighted by molar-refractivity contribution is 8.00. The van der Waals surface area contributed by atoms with E-state index in [2.05, 4.69) is 80.6 Å². The van der Waals surface area contributed by atoms with Gasteiger partial charge in [0.1, 0.15) is 22.9 Å². The van der Waals surface area contributed by atoms with Crippen molar-refractivity contribution in [3.63, 3.8) is 0 Å². The van der Waals surface area contributed by atoms with Crippen LogP contribution in [0.4, 0.5) is 0 Å². The van der Waals surface area contributed by atoms with E-state index in [0.29, 0.717) is 5.92 Å². The minimum absolute atomic E-state index is 0.0307. The molecule has 3 aliphatic carbocycles. The molecule has 6 heteroatoms. The molecule has 38 heavy (non-hydrogen) atoms. The number of ether oxygens (including phenoxy) is 3. The maximum absolute atomic E-state index is 12.9. The molecule has 198 valence electrons. The van der Waals surface area contributed by atoms with E-state index in [9.17, 15) is 9.59 Å². The molecule has 2 heterocycles. The molecule has 0 spiro atoms. The van der Waals surface area contributed by atoms with Crippen molar-refractivity contribution in [2.45, 2.75) is 68.0 Å². The van der Waals surface area contributed by atoms with Crippen molar-refractivity contribution in [1.29, 1.82) is 0 Å². The average Bonchev–Trinajstić information content (AvgIpc) is 3.07. The van der Waals surface area contributed by atoms with E-state index in [-0.39, 0.29) is 59.4 Å². The van der Waals surface area contributed by atoms with Crippen molar-refractivity contribution in [1.82, 2.24) is 0 Å². The van der Waals surface area contributed by atoms with Crippen molar-refractivity contribution in [2.24, 2.45) is 23.7 Å². The number of benzene rings is 2. The number of carbonyl (C=O) groups is 2. The average molecular weight is 532 g/mol. The van der Waals surface area contributed by atoms with Gasteiger partial charge in [0, 0.05) is 18.3 Å². The third kappa shape index (κ3) is 5.03. The summed E-state index contributed by atoms with van der Waals surface area (Å²) in [6, 6.07) is 21.3. The van der Waals surface area contributed by atoms with Gasteiger partial charge in [-0.3, -0.25) is 4.79 Å². The molecule has 2 aliphatic heterocycles. The van der Waals surface area contributed by atoms with Gasteiger partial charge in [0.25, 0.3) is 0 Å². The van der Waals surface area contributed by atoms with E-state index in [0.717, 1.165) is 43.4 Å². The zero-order valence-corrected chi connectivity index (χ0v) is 22.8. The highest BCUT2D eigenvalue weighted by Crippen LogP contribution is 2.48. The topological polar surface area (TPSA) is 61.8 Å². The molecule has 7 rings (SSSR count). The van der Waals surface area contributed by atoms with Crippen molar-refractivity contribution in [3.8, 4) is 0 Å². The molecule has 6 unspecified atom stereocenters. The molecule has 4 fully saturated rings. The number of fused-ring (bicyclic) bond motifs is 1. The van der Waals surface area contributed by atoms with E-state index in [1.807, 2.05) is 0 Å². The third-order valence-corrected chi connectivity index (χ3v) is 10.7. The van der Waals surface area contributed by atoms with Crippen LogP contribution in [-0.4, -0.2) is 30.8 Å². The maximum Gasteiger partial charge on any atom is 0.344 e. The van der Waals surface area contributed by atoms with Crippen molar-refractivity contribution in [2.75, 3.05) is 6.61 Å². The van der Waals surface area contributed by atoms with Crippen LogP contribution in [0, 0.1) is 23.7 Å². The summed E-state index contributed by atoms with van der Waals surface area (Å²) in [4.78, 5) is 29.2. The largest absolute Gasteiger partial charge is 0.486 e. The summed E-state index contributed by atoms with van der Waals surface area (Å²) in [6.45, 7) is 4.10. The van der Waals surface area contributed by atoms with Crippen LogP contribution < -0.4 is 0 Å². The van der Waals surface area contributed by atoms with Crippen LogP contribution in [0.15, 0.2) is 92.8 Å². The molecule has 5 nitrogen and oxygen atoms in total.